The van der Waals surface area contributed by atoms with Crippen LogP contribution in [0.5, 0.6) is 5.75 Å². The Labute approximate surface area is 216 Å². The molecule has 0 bridgehead atoms. The number of hydrogen-bond acceptors (Lipinski definition) is 6. The highest BCUT2D eigenvalue weighted by atomic mass is 32.2. The van der Waals surface area contributed by atoms with Gasteiger partial charge in [0.2, 0.25) is 5.91 Å². The summed E-state index contributed by atoms with van der Waals surface area (Å²) >= 11 is 2.96. The molecule has 2 amide bonds. The monoisotopic (exact) mass is 516 g/mol. The minimum atomic E-state index is -0.129. The van der Waals surface area contributed by atoms with Crippen molar-refractivity contribution in [3.05, 3.63) is 84.6 Å². The number of aromatic nitrogens is 2. The van der Waals surface area contributed by atoms with Crippen LogP contribution in [-0.4, -0.2) is 40.8 Å². The average Bonchev–Trinajstić information content (AvgIpc) is 3.48. The number of thioether (sulfide) groups is 1. The Morgan fingerprint density at radius 3 is 2.61 bits per heavy atom. The molecule has 182 valence electrons. The fraction of sp³-hybridized carbons (Fsp3) is 0.148. The average molecular weight is 517 g/mol. The molecule has 7 nitrogen and oxygen atoms in total. The van der Waals surface area contributed by atoms with E-state index in [1.807, 2.05) is 48.7 Å². The van der Waals surface area contributed by atoms with E-state index in [-0.39, 0.29) is 17.6 Å². The van der Waals surface area contributed by atoms with E-state index in [4.69, 9.17) is 4.74 Å². The zero-order valence-electron chi connectivity index (χ0n) is 19.6. The molecule has 0 fully saturated rings. The number of rotatable bonds is 9. The molecule has 0 radical (unpaired) electrons. The van der Waals surface area contributed by atoms with E-state index in [2.05, 4.69) is 26.3 Å². The zero-order valence-corrected chi connectivity index (χ0v) is 21.2. The number of para-hydroxylation sites is 2. The van der Waals surface area contributed by atoms with Crippen molar-refractivity contribution in [3.8, 4) is 5.75 Å². The van der Waals surface area contributed by atoms with Crippen molar-refractivity contribution in [2.24, 2.45) is 0 Å². The molecule has 5 rings (SSSR count). The second-order valence-electron chi connectivity index (χ2n) is 8.01. The van der Waals surface area contributed by atoms with Gasteiger partial charge in [-0.3, -0.25) is 9.59 Å². The van der Waals surface area contributed by atoms with Gasteiger partial charge in [0, 0.05) is 40.6 Å². The Hall–Kier alpha value is -3.82. The highest BCUT2D eigenvalue weighted by molar-refractivity contribution is 8.00. The van der Waals surface area contributed by atoms with Gasteiger partial charge in [0.1, 0.15) is 5.75 Å². The Morgan fingerprint density at radius 1 is 1.03 bits per heavy atom. The summed E-state index contributed by atoms with van der Waals surface area (Å²) in [6, 6.07) is 22.9. The van der Waals surface area contributed by atoms with Crippen molar-refractivity contribution in [2.75, 3.05) is 24.7 Å². The highest BCUT2D eigenvalue weighted by Crippen LogP contribution is 2.31. The highest BCUT2D eigenvalue weighted by Gasteiger charge is 2.13. The number of ether oxygens (including phenoxy) is 1. The normalized spacial score (nSPS) is 11.0. The maximum atomic E-state index is 12.6. The Bertz CT molecular complexity index is 1490. The molecule has 0 aliphatic carbocycles. The molecule has 0 saturated carbocycles. The minimum Gasteiger partial charge on any atom is -0.497 e. The van der Waals surface area contributed by atoms with E-state index in [9.17, 15) is 9.59 Å². The van der Waals surface area contributed by atoms with E-state index in [0.29, 0.717) is 29.5 Å². The van der Waals surface area contributed by atoms with Gasteiger partial charge in [-0.15, -0.1) is 11.8 Å². The summed E-state index contributed by atoms with van der Waals surface area (Å²) in [6.45, 7) is 1.09. The van der Waals surface area contributed by atoms with Crippen LogP contribution in [0.25, 0.3) is 21.1 Å². The second kappa shape index (κ2) is 10.8. The van der Waals surface area contributed by atoms with E-state index < -0.39 is 0 Å². The molecule has 0 atom stereocenters. The Morgan fingerprint density at radius 2 is 1.81 bits per heavy atom. The molecule has 3 aromatic carbocycles. The number of hydrogen-bond donors (Lipinski definition) is 2. The van der Waals surface area contributed by atoms with Crippen LogP contribution in [0, 0.1) is 0 Å². The number of anilines is 1. The molecule has 5 aromatic rings. The maximum Gasteiger partial charge on any atom is 0.251 e. The number of amides is 2. The predicted molar refractivity (Wildman–Crippen MR) is 146 cm³/mol. The maximum absolute atomic E-state index is 12.6. The molecule has 2 heterocycles. The van der Waals surface area contributed by atoms with Crippen LogP contribution in [0.1, 0.15) is 10.4 Å². The first-order valence-electron chi connectivity index (χ1n) is 11.4. The molecule has 0 aliphatic heterocycles. The van der Waals surface area contributed by atoms with Gasteiger partial charge >= 0.3 is 0 Å². The zero-order chi connectivity index (χ0) is 24.9. The first-order valence-corrected chi connectivity index (χ1v) is 13.2. The smallest absolute Gasteiger partial charge is 0.251 e. The van der Waals surface area contributed by atoms with Gasteiger partial charge in [0.05, 0.1) is 23.1 Å². The lowest BCUT2D eigenvalue weighted by molar-refractivity contribution is -0.113. The fourth-order valence-electron chi connectivity index (χ4n) is 3.87. The summed E-state index contributed by atoms with van der Waals surface area (Å²) in [6.07, 6.45) is 2.04. The molecule has 9 heteroatoms. The summed E-state index contributed by atoms with van der Waals surface area (Å²) in [5, 5.41) is 7.57. The van der Waals surface area contributed by atoms with Crippen molar-refractivity contribution in [1.82, 2.24) is 14.9 Å². The second-order valence-corrected chi connectivity index (χ2v) is 10.1. The molecular formula is C27H24N4O3S2. The lowest BCUT2D eigenvalue weighted by Crippen LogP contribution is -2.27. The lowest BCUT2D eigenvalue weighted by atomic mass is 10.2. The third-order valence-electron chi connectivity index (χ3n) is 5.64. The van der Waals surface area contributed by atoms with Gasteiger partial charge in [-0.2, -0.15) is 0 Å². The van der Waals surface area contributed by atoms with Crippen molar-refractivity contribution in [2.45, 2.75) is 11.4 Å². The van der Waals surface area contributed by atoms with Crippen LogP contribution in [0.3, 0.4) is 0 Å². The number of benzene rings is 3. The minimum absolute atomic E-state index is 0.0948. The summed E-state index contributed by atoms with van der Waals surface area (Å²) in [5.41, 5.74) is 2.53. The van der Waals surface area contributed by atoms with Gasteiger partial charge in [-0.25, -0.2) is 4.98 Å². The van der Waals surface area contributed by atoms with Gasteiger partial charge < -0.3 is 19.9 Å². The number of nitrogens with one attached hydrogen (secondary N) is 2. The van der Waals surface area contributed by atoms with Crippen LogP contribution < -0.4 is 15.4 Å². The molecule has 0 aliphatic rings. The standard InChI is InChI=1S/C27H24N4O3S2/c1-34-19-12-10-18(11-13-19)26(33)28-14-15-31-16-24(20-6-2-4-8-22(20)31)35-17-25(32)30-27-29-21-7-3-5-9-23(21)36-27/h2-13,16H,14-15,17H2,1H3,(H,28,33)(H,29,30,32). The van der Waals surface area contributed by atoms with Crippen molar-refractivity contribution in [1.29, 1.82) is 0 Å². The number of nitrogens with zero attached hydrogens (tertiary/aromatic N) is 2. The number of methoxy groups -OCH3 is 1. The molecule has 0 unspecified atom stereocenters. The molecule has 0 spiro atoms. The predicted octanol–water partition coefficient (Wildman–Crippen LogP) is 5.42. The largest absolute Gasteiger partial charge is 0.497 e. The topological polar surface area (TPSA) is 85.2 Å². The lowest BCUT2D eigenvalue weighted by Gasteiger charge is -2.08. The van der Waals surface area contributed by atoms with Gasteiger partial charge in [0.25, 0.3) is 5.91 Å². The van der Waals surface area contributed by atoms with Crippen LogP contribution in [0.2, 0.25) is 0 Å². The first-order chi connectivity index (χ1) is 17.6. The van der Waals surface area contributed by atoms with Crippen LogP contribution in [0.15, 0.2) is 83.9 Å². The number of thiazole rings is 1. The van der Waals surface area contributed by atoms with Crippen LogP contribution in [0.4, 0.5) is 5.13 Å². The molecular weight excluding hydrogens is 492 g/mol. The van der Waals surface area contributed by atoms with E-state index in [0.717, 1.165) is 26.0 Å². The number of carbonyl (C=O) groups is 2. The number of fused-ring (bicyclic) bond motifs is 2. The summed E-state index contributed by atoms with van der Waals surface area (Å²) in [7, 11) is 1.60. The van der Waals surface area contributed by atoms with E-state index in [1.54, 1.807) is 31.4 Å². The molecule has 2 N–H and O–H groups in total. The first kappa shape index (κ1) is 23.9. The van der Waals surface area contributed by atoms with Crippen molar-refractivity contribution >= 4 is 61.2 Å². The van der Waals surface area contributed by atoms with Crippen LogP contribution >= 0.6 is 23.1 Å². The third-order valence-corrected chi connectivity index (χ3v) is 7.64. The molecule has 36 heavy (non-hydrogen) atoms. The fourth-order valence-corrected chi connectivity index (χ4v) is 5.64. The molecule has 2 aromatic heterocycles. The number of carbonyl (C=O) groups excluding carboxylic acids is 2. The Kier molecular flexibility index (Phi) is 7.20. The van der Waals surface area contributed by atoms with Gasteiger partial charge in [-0.05, 0) is 42.5 Å². The summed E-state index contributed by atoms with van der Waals surface area (Å²) in [5.74, 6) is 0.764. The Balaban J connectivity index is 1.20. The quantitative estimate of drug-likeness (QED) is 0.256. The van der Waals surface area contributed by atoms with Crippen LogP contribution in [-0.2, 0) is 11.3 Å². The van der Waals surface area contributed by atoms with Gasteiger partial charge in [0.15, 0.2) is 5.13 Å². The van der Waals surface area contributed by atoms with E-state index in [1.165, 1.54) is 23.1 Å². The SMILES string of the molecule is COc1ccc(C(=O)NCCn2cc(SCC(=O)Nc3nc4ccccc4s3)c3ccccc32)cc1. The summed E-state index contributed by atoms with van der Waals surface area (Å²) in [4.78, 5) is 30.6. The summed E-state index contributed by atoms with van der Waals surface area (Å²) < 4.78 is 8.30. The van der Waals surface area contributed by atoms with Gasteiger partial charge in [-0.1, -0.05) is 41.7 Å². The third kappa shape index (κ3) is 5.37. The molecule has 0 saturated heterocycles. The van der Waals surface area contributed by atoms with Crippen molar-refractivity contribution in [3.63, 3.8) is 0 Å². The van der Waals surface area contributed by atoms with E-state index >= 15 is 0 Å². The van der Waals surface area contributed by atoms with Crippen molar-refractivity contribution < 1.29 is 14.3 Å².